The number of carbonyl (C=O) groups excluding carboxylic acids is 2. The number of furan rings is 1. The van der Waals surface area contributed by atoms with Crippen molar-refractivity contribution in [3.63, 3.8) is 0 Å². The Morgan fingerprint density at radius 1 is 1.03 bits per heavy atom. The third kappa shape index (κ3) is 6.70. The van der Waals surface area contributed by atoms with Gasteiger partial charge >= 0.3 is 0 Å². The van der Waals surface area contributed by atoms with Crippen LogP contribution in [-0.4, -0.2) is 55.6 Å². The summed E-state index contributed by atoms with van der Waals surface area (Å²) < 4.78 is 11.4. The molecule has 2 unspecified atom stereocenters. The predicted octanol–water partition coefficient (Wildman–Crippen LogP) is 3.83. The standard InChI is InChI=1S/C27H39N3O4/c1-18(2)24(29-25(31)20-8-10-21(11-9-20)27(4,5)6)26(32)28-17-22(23-12-7-19(3)34-23)30-13-15-33-16-14-30/h7-12,18,22,24H,13-17H2,1-6H3,(H,28,32)(H,29,31). The number of nitrogens with one attached hydrogen (secondary N) is 2. The maximum Gasteiger partial charge on any atom is 0.251 e. The van der Waals surface area contributed by atoms with Crippen LogP contribution in [0.2, 0.25) is 0 Å². The first-order valence-corrected chi connectivity index (χ1v) is 12.1. The maximum atomic E-state index is 13.2. The number of hydrogen-bond acceptors (Lipinski definition) is 5. The van der Waals surface area contributed by atoms with Crippen LogP contribution in [0.3, 0.4) is 0 Å². The van der Waals surface area contributed by atoms with E-state index >= 15 is 0 Å². The summed E-state index contributed by atoms with van der Waals surface area (Å²) in [6.45, 7) is 15.4. The van der Waals surface area contributed by atoms with E-state index in [1.165, 1.54) is 0 Å². The number of hydrogen-bond donors (Lipinski definition) is 2. The molecular formula is C27H39N3O4. The van der Waals surface area contributed by atoms with Gasteiger partial charge in [0, 0.05) is 25.2 Å². The Balaban J connectivity index is 1.66. The summed E-state index contributed by atoms with van der Waals surface area (Å²) >= 11 is 0. The second-order valence-corrected chi connectivity index (χ2v) is 10.4. The van der Waals surface area contributed by atoms with Gasteiger partial charge in [0.05, 0.1) is 19.3 Å². The molecule has 34 heavy (non-hydrogen) atoms. The highest BCUT2D eigenvalue weighted by molar-refractivity contribution is 5.97. The molecule has 3 rings (SSSR count). The summed E-state index contributed by atoms with van der Waals surface area (Å²) in [5.74, 6) is 1.15. The van der Waals surface area contributed by atoms with E-state index < -0.39 is 6.04 Å². The third-order valence-electron chi connectivity index (χ3n) is 6.29. The summed E-state index contributed by atoms with van der Waals surface area (Å²) in [6, 6.07) is 10.7. The van der Waals surface area contributed by atoms with Gasteiger partial charge in [-0.05, 0) is 48.1 Å². The van der Waals surface area contributed by atoms with Gasteiger partial charge in [0.2, 0.25) is 5.91 Å². The smallest absolute Gasteiger partial charge is 0.251 e. The second-order valence-electron chi connectivity index (χ2n) is 10.4. The number of ether oxygens (including phenoxy) is 1. The van der Waals surface area contributed by atoms with Crippen LogP contribution >= 0.6 is 0 Å². The van der Waals surface area contributed by atoms with Crippen molar-refractivity contribution >= 4 is 11.8 Å². The zero-order chi connectivity index (χ0) is 24.9. The SMILES string of the molecule is Cc1ccc(C(CNC(=O)C(NC(=O)c2ccc(C(C)(C)C)cc2)C(C)C)N2CCOCC2)o1. The highest BCUT2D eigenvalue weighted by Crippen LogP contribution is 2.24. The van der Waals surface area contributed by atoms with Crippen molar-refractivity contribution in [2.24, 2.45) is 5.92 Å². The van der Waals surface area contributed by atoms with E-state index in [1.54, 1.807) is 0 Å². The number of carbonyl (C=O) groups is 2. The zero-order valence-corrected chi connectivity index (χ0v) is 21.3. The average Bonchev–Trinajstić information content (AvgIpc) is 3.23. The van der Waals surface area contributed by atoms with E-state index in [4.69, 9.17) is 9.15 Å². The number of morpholine rings is 1. The topological polar surface area (TPSA) is 83.8 Å². The summed E-state index contributed by atoms with van der Waals surface area (Å²) in [5, 5.41) is 5.99. The van der Waals surface area contributed by atoms with Gasteiger partial charge in [-0.15, -0.1) is 0 Å². The molecule has 7 heteroatoms. The lowest BCUT2D eigenvalue weighted by Gasteiger charge is -2.34. The Hall–Kier alpha value is -2.64. The molecule has 186 valence electrons. The lowest BCUT2D eigenvalue weighted by atomic mass is 9.86. The molecule has 1 aliphatic heterocycles. The van der Waals surface area contributed by atoms with Crippen LogP contribution in [0.1, 0.15) is 68.1 Å². The monoisotopic (exact) mass is 469 g/mol. The van der Waals surface area contributed by atoms with Gasteiger partial charge in [-0.1, -0.05) is 46.8 Å². The van der Waals surface area contributed by atoms with E-state index in [0.29, 0.717) is 25.3 Å². The normalized spacial score (nSPS) is 16.8. The molecule has 2 atom stereocenters. The number of benzene rings is 1. The van der Waals surface area contributed by atoms with Gasteiger partial charge in [0.1, 0.15) is 17.6 Å². The van der Waals surface area contributed by atoms with Gasteiger partial charge in [0.25, 0.3) is 5.91 Å². The van der Waals surface area contributed by atoms with E-state index in [1.807, 2.05) is 57.2 Å². The summed E-state index contributed by atoms with van der Waals surface area (Å²) in [5.41, 5.74) is 1.71. The molecule has 7 nitrogen and oxygen atoms in total. The van der Waals surface area contributed by atoms with Gasteiger partial charge in [0.15, 0.2) is 0 Å². The molecule has 1 aromatic heterocycles. The van der Waals surface area contributed by atoms with E-state index in [9.17, 15) is 9.59 Å². The predicted molar refractivity (Wildman–Crippen MR) is 133 cm³/mol. The van der Waals surface area contributed by atoms with Gasteiger partial charge in [-0.2, -0.15) is 0 Å². The lowest BCUT2D eigenvalue weighted by Crippen LogP contribution is -2.51. The molecule has 2 amide bonds. The molecule has 1 aromatic carbocycles. The first-order valence-electron chi connectivity index (χ1n) is 12.1. The molecule has 2 aromatic rings. The maximum absolute atomic E-state index is 13.2. The number of amides is 2. The molecule has 1 saturated heterocycles. The highest BCUT2D eigenvalue weighted by Gasteiger charge is 2.29. The van der Waals surface area contributed by atoms with Gasteiger partial charge in [-0.25, -0.2) is 0 Å². The van der Waals surface area contributed by atoms with E-state index in [-0.39, 0.29) is 29.2 Å². The van der Waals surface area contributed by atoms with Crippen LogP contribution in [0, 0.1) is 12.8 Å². The average molecular weight is 470 g/mol. The number of rotatable bonds is 8. The van der Waals surface area contributed by atoms with Crippen LogP contribution in [0.15, 0.2) is 40.8 Å². The van der Waals surface area contributed by atoms with Crippen LogP contribution in [-0.2, 0) is 14.9 Å². The number of aryl methyl sites for hydroxylation is 1. The van der Waals surface area contributed by atoms with Crippen molar-refractivity contribution in [2.75, 3.05) is 32.8 Å². The van der Waals surface area contributed by atoms with Crippen LogP contribution < -0.4 is 10.6 Å². The van der Waals surface area contributed by atoms with Crippen molar-refractivity contribution in [1.82, 2.24) is 15.5 Å². The summed E-state index contributed by atoms with van der Waals surface area (Å²) in [6.07, 6.45) is 0. The minimum atomic E-state index is -0.640. The molecule has 1 fully saturated rings. The first-order chi connectivity index (χ1) is 16.1. The molecule has 0 saturated carbocycles. The largest absolute Gasteiger partial charge is 0.465 e. The molecule has 0 radical (unpaired) electrons. The summed E-state index contributed by atoms with van der Waals surface area (Å²) in [7, 11) is 0. The minimum absolute atomic E-state index is 0.0128. The Kier molecular flexibility index (Phi) is 8.55. The molecule has 2 heterocycles. The van der Waals surface area contributed by atoms with Crippen molar-refractivity contribution in [2.45, 2.75) is 59.0 Å². The Morgan fingerprint density at radius 2 is 1.68 bits per heavy atom. The number of nitrogens with zero attached hydrogens (tertiary/aromatic N) is 1. The van der Waals surface area contributed by atoms with Gasteiger partial charge in [-0.3, -0.25) is 14.5 Å². The van der Waals surface area contributed by atoms with Crippen LogP contribution in [0.5, 0.6) is 0 Å². The molecule has 0 aliphatic carbocycles. The molecule has 0 spiro atoms. The van der Waals surface area contributed by atoms with Crippen molar-refractivity contribution in [1.29, 1.82) is 0 Å². The van der Waals surface area contributed by atoms with Gasteiger partial charge < -0.3 is 19.8 Å². The van der Waals surface area contributed by atoms with E-state index in [2.05, 4.69) is 36.3 Å². The lowest BCUT2D eigenvalue weighted by molar-refractivity contribution is -0.124. The summed E-state index contributed by atoms with van der Waals surface area (Å²) in [4.78, 5) is 28.3. The van der Waals surface area contributed by atoms with Crippen molar-refractivity contribution in [3.8, 4) is 0 Å². The highest BCUT2D eigenvalue weighted by atomic mass is 16.5. The van der Waals surface area contributed by atoms with Crippen LogP contribution in [0.25, 0.3) is 0 Å². The molecule has 0 bridgehead atoms. The fourth-order valence-corrected chi connectivity index (χ4v) is 4.12. The van der Waals surface area contributed by atoms with E-state index in [0.717, 1.165) is 30.2 Å². The Bertz CT molecular complexity index is 953. The minimum Gasteiger partial charge on any atom is -0.465 e. The second kappa shape index (κ2) is 11.2. The Labute approximate surface area is 203 Å². The molecule has 2 N–H and O–H groups in total. The Morgan fingerprint density at radius 3 is 2.21 bits per heavy atom. The van der Waals surface area contributed by atoms with Crippen molar-refractivity contribution < 1.29 is 18.7 Å². The van der Waals surface area contributed by atoms with Crippen molar-refractivity contribution in [3.05, 3.63) is 59.0 Å². The molecule has 1 aliphatic rings. The quantitative estimate of drug-likeness (QED) is 0.614. The fraction of sp³-hybridized carbons (Fsp3) is 0.556. The third-order valence-corrected chi connectivity index (χ3v) is 6.29. The first kappa shape index (κ1) is 26.0. The fourth-order valence-electron chi connectivity index (χ4n) is 4.12. The van der Waals surface area contributed by atoms with Crippen LogP contribution in [0.4, 0.5) is 0 Å². The molecular weight excluding hydrogens is 430 g/mol. The zero-order valence-electron chi connectivity index (χ0n) is 21.3.